The van der Waals surface area contributed by atoms with Crippen LogP contribution in [0.2, 0.25) is 0 Å². The van der Waals surface area contributed by atoms with E-state index in [-0.39, 0.29) is 18.0 Å². The van der Waals surface area contributed by atoms with Gasteiger partial charge in [-0.2, -0.15) is 0 Å². The standard InChI is InChI=1S/C9H10Br2N2O4S/c10-6-1-2-7(11)8(5-6)18(15,16)13-3-4-17-9(12)14/h1-2,5,13H,3-4H2,(H2,12,14). The molecule has 0 heterocycles. The van der Waals surface area contributed by atoms with E-state index in [4.69, 9.17) is 5.73 Å². The van der Waals surface area contributed by atoms with Crippen LogP contribution in [0.25, 0.3) is 0 Å². The average molecular weight is 402 g/mol. The van der Waals surface area contributed by atoms with Crippen LogP contribution in [0.5, 0.6) is 0 Å². The van der Waals surface area contributed by atoms with Crippen molar-refractivity contribution in [2.75, 3.05) is 13.2 Å². The maximum atomic E-state index is 11.9. The Morgan fingerprint density at radius 1 is 1.39 bits per heavy atom. The van der Waals surface area contributed by atoms with Gasteiger partial charge in [0.05, 0.1) is 4.90 Å². The fourth-order valence-electron chi connectivity index (χ4n) is 1.09. The first-order chi connectivity index (χ1) is 8.33. The number of benzene rings is 1. The fourth-order valence-corrected chi connectivity index (χ4v) is 3.60. The van der Waals surface area contributed by atoms with E-state index in [0.717, 1.165) is 0 Å². The maximum absolute atomic E-state index is 11.9. The maximum Gasteiger partial charge on any atom is 0.404 e. The minimum absolute atomic E-state index is 0.0514. The summed E-state index contributed by atoms with van der Waals surface area (Å²) in [5.41, 5.74) is 4.75. The molecule has 0 aliphatic heterocycles. The molecule has 18 heavy (non-hydrogen) atoms. The highest BCUT2D eigenvalue weighted by Gasteiger charge is 2.17. The molecule has 0 aliphatic carbocycles. The number of rotatable bonds is 5. The summed E-state index contributed by atoms with van der Waals surface area (Å²) in [5, 5.41) is 0. The van der Waals surface area contributed by atoms with E-state index < -0.39 is 16.1 Å². The molecule has 9 heteroatoms. The average Bonchev–Trinajstić information content (AvgIpc) is 2.27. The number of primary amides is 1. The normalized spacial score (nSPS) is 11.2. The van der Waals surface area contributed by atoms with E-state index in [1.807, 2.05) is 0 Å². The number of nitrogens with one attached hydrogen (secondary N) is 1. The Morgan fingerprint density at radius 3 is 2.67 bits per heavy atom. The Hall–Kier alpha value is -0.640. The quantitative estimate of drug-likeness (QED) is 0.731. The lowest BCUT2D eigenvalue weighted by Crippen LogP contribution is -2.29. The number of halogens is 2. The van der Waals surface area contributed by atoms with E-state index in [1.165, 1.54) is 6.07 Å². The Labute approximate surface area is 121 Å². The molecule has 0 spiro atoms. The molecule has 1 aromatic rings. The third-order valence-electron chi connectivity index (χ3n) is 1.82. The van der Waals surface area contributed by atoms with Gasteiger partial charge in [-0.1, -0.05) is 15.9 Å². The molecule has 0 atom stereocenters. The second-order valence-corrected chi connectivity index (χ2v) is 6.65. The Kier molecular flexibility index (Phi) is 5.57. The van der Waals surface area contributed by atoms with Gasteiger partial charge in [0, 0.05) is 15.5 Å². The lowest BCUT2D eigenvalue weighted by Gasteiger charge is -2.08. The zero-order valence-corrected chi connectivity index (χ0v) is 13.0. The molecule has 6 nitrogen and oxygen atoms in total. The minimum atomic E-state index is -3.67. The van der Waals surface area contributed by atoms with Crippen molar-refractivity contribution in [1.29, 1.82) is 0 Å². The third kappa shape index (κ3) is 4.56. The molecule has 0 saturated carbocycles. The van der Waals surface area contributed by atoms with Crippen LogP contribution in [-0.2, 0) is 14.8 Å². The molecule has 0 fully saturated rings. The summed E-state index contributed by atoms with van der Waals surface area (Å²) in [7, 11) is -3.67. The smallest absolute Gasteiger partial charge is 0.404 e. The van der Waals surface area contributed by atoms with Gasteiger partial charge in [0.15, 0.2) is 0 Å². The number of amides is 1. The van der Waals surface area contributed by atoms with Crippen molar-refractivity contribution in [3.05, 3.63) is 27.1 Å². The second-order valence-electron chi connectivity index (χ2n) is 3.14. The van der Waals surface area contributed by atoms with Crippen LogP contribution in [0.4, 0.5) is 4.79 Å². The van der Waals surface area contributed by atoms with Gasteiger partial charge in [-0.3, -0.25) is 0 Å². The number of carbonyl (C=O) groups excluding carboxylic acids is 1. The highest BCUT2D eigenvalue weighted by Crippen LogP contribution is 2.25. The van der Waals surface area contributed by atoms with E-state index in [1.54, 1.807) is 12.1 Å². The highest BCUT2D eigenvalue weighted by atomic mass is 79.9. The topological polar surface area (TPSA) is 98.5 Å². The van der Waals surface area contributed by atoms with Crippen molar-refractivity contribution in [3.63, 3.8) is 0 Å². The largest absolute Gasteiger partial charge is 0.448 e. The first-order valence-corrected chi connectivity index (χ1v) is 7.77. The van der Waals surface area contributed by atoms with Gasteiger partial charge in [-0.05, 0) is 34.1 Å². The van der Waals surface area contributed by atoms with Crippen LogP contribution < -0.4 is 10.5 Å². The lowest BCUT2D eigenvalue weighted by atomic mass is 10.4. The summed E-state index contributed by atoms with van der Waals surface area (Å²) in [5.74, 6) is 0. The van der Waals surface area contributed by atoms with Crippen LogP contribution in [0, 0.1) is 0 Å². The van der Waals surface area contributed by atoms with Crippen molar-refractivity contribution in [3.8, 4) is 0 Å². The number of ether oxygens (including phenoxy) is 1. The Bertz CT molecular complexity index is 547. The van der Waals surface area contributed by atoms with Gasteiger partial charge < -0.3 is 10.5 Å². The van der Waals surface area contributed by atoms with Crippen LogP contribution >= 0.6 is 31.9 Å². The van der Waals surface area contributed by atoms with Gasteiger partial charge in [0.1, 0.15) is 6.61 Å². The molecule has 100 valence electrons. The Balaban J connectivity index is 2.74. The van der Waals surface area contributed by atoms with Gasteiger partial charge in [-0.15, -0.1) is 0 Å². The van der Waals surface area contributed by atoms with Crippen LogP contribution in [-0.4, -0.2) is 27.7 Å². The summed E-state index contributed by atoms with van der Waals surface area (Å²) in [6, 6.07) is 4.78. The second kappa shape index (κ2) is 6.50. The summed E-state index contributed by atoms with van der Waals surface area (Å²) < 4.78 is 31.6. The lowest BCUT2D eigenvalue weighted by molar-refractivity contribution is 0.159. The van der Waals surface area contributed by atoms with Gasteiger partial charge in [0.25, 0.3) is 0 Å². The van der Waals surface area contributed by atoms with Crippen molar-refractivity contribution in [2.45, 2.75) is 4.90 Å². The minimum Gasteiger partial charge on any atom is -0.448 e. The molecule has 0 bridgehead atoms. The van der Waals surface area contributed by atoms with Crippen molar-refractivity contribution in [1.82, 2.24) is 4.72 Å². The van der Waals surface area contributed by atoms with Gasteiger partial charge in [-0.25, -0.2) is 17.9 Å². The number of carbonyl (C=O) groups is 1. The summed E-state index contributed by atoms with van der Waals surface area (Å²) in [4.78, 5) is 10.4. The summed E-state index contributed by atoms with van der Waals surface area (Å²) in [6.07, 6.45) is -0.946. The van der Waals surface area contributed by atoms with Crippen molar-refractivity contribution in [2.24, 2.45) is 5.73 Å². The molecule has 0 radical (unpaired) electrons. The predicted molar refractivity (Wildman–Crippen MR) is 72.6 cm³/mol. The fraction of sp³-hybridized carbons (Fsp3) is 0.222. The summed E-state index contributed by atoms with van der Waals surface area (Å²) >= 11 is 6.34. The van der Waals surface area contributed by atoms with Crippen LogP contribution in [0.3, 0.4) is 0 Å². The molecule has 0 aromatic heterocycles. The third-order valence-corrected chi connectivity index (χ3v) is 4.77. The van der Waals surface area contributed by atoms with E-state index in [9.17, 15) is 13.2 Å². The van der Waals surface area contributed by atoms with E-state index >= 15 is 0 Å². The molecule has 1 amide bonds. The number of nitrogens with two attached hydrogens (primary N) is 1. The Morgan fingerprint density at radius 2 is 2.06 bits per heavy atom. The molecule has 0 aliphatic rings. The first-order valence-electron chi connectivity index (χ1n) is 4.70. The molecular formula is C9H10Br2N2O4S. The van der Waals surface area contributed by atoms with Crippen LogP contribution in [0.1, 0.15) is 0 Å². The number of sulfonamides is 1. The van der Waals surface area contributed by atoms with E-state index in [0.29, 0.717) is 8.95 Å². The monoisotopic (exact) mass is 400 g/mol. The molecule has 1 aromatic carbocycles. The molecular weight excluding hydrogens is 392 g/mol. The zero-order chi connectivity index (χ0) is 13.8. The predicted octanol–water partition coefficient (Wildman–Crippen LogP) is 1.59. The van der Waals surface area contributed by atoms with Crippen molar-refractivity contribution >= 4 is 48.0 Å². The first kappa shape index (κ1) is 15.4. The summed E-state index contributed by atoms with van der Waals surface area (Å²) in [6.45, 7) is -0.176. The number of hydrogen-bond donors (Lipinski definition) is 2. The molecule has 0 saturated heterocycles. The van der Waals surface area contributed by atoms with E-state index in [2.05, 4.69) is 41.3 Å². The molecule has 0 unspecified atom stereocenters. The molecule has 1 rings (SSSR count). The highest BCUT2D eigenvalue weighted by molar-refractivity contribution is 9.11. The van der Waals surface area contributed by atoms with Crippen molar-refractivity contribution < 1.29 is 17.9 Å². The zero-order valence-electron chi connectivity index (χ0n) is 9.02. The SMILES string of the molecule is NC(=O)OCCNS(=O)(=O)c1cc(Br)ccc1Br. The molecule has 3 N–H and O–H groups in total. The number of hydrogen-bond acceptors (Lipinski definition) is 4. The van der Waals surface area contributed by atoms with Gasteiger partial charge in [0.2, 0.25) is 10.0 Å². The van der Waals surface area contributed by atoms with Gasteiger partial charge >= 0.3 is 6.09 Å². The van der Waals surface area contributed by atoms with Crippen LogP contribution in [0.15, 0.2) is 32.0 Å².